The zero-order chi connectivity index (χ0) is 34.0. The van der Waals surface area contributed by atoms with Gasteiger partial charge in [0, 0.05) is 17.1 Å². The highest BCUT2D eigenvalue weighted by Crippen LogP contribution is 2.47. The van der Waals surface area contributed by atoms with Crippen molar-refractivity contribution in [2.75, 3.05) is 32.8 Å². The second-order valence-corrected chi connectivity index (χ2v) is 15.0. The van der Waals surface area contributed by atoms with Gasteiger partial charge >= 0.3 is 18.2 Å². The van der Waals surface area contributed by atoms with E-state index in [0.29, 0.717) is 4.47 Å². The topological polar surface area (TPSA) is 107 Å². The minimum absolute atomic E-state index is 0.0693. The lowest BCUT2D eigenvalue weighted by molar-refractivity contribution is -0.169. The largest absolute Gasteiger partial charge is 0.474 e. The van der Waals surface area contributed by atoms with Crippen LogP contribution < -0.4 is 0 Å². The molecule has 3 rings (SSSR count). The van der Waals surface area contributed by atoms with Crippen molar-refractivity contribution in [2.24, 2.45) is 9.36 Å². The van der Waals surface area contributed by atoms with E-state index in [1.807, 2.05) is 0 Å². The highest BCUT2D eigenvalue weighted by molar-refractivity contribution is 9.10. The summed E-state index contributed by atoms with van der Waals surface area (Å²) in [6.07, 6.45) is -6.65. The first-order valence-electron chi connectivity index (χ1n) is 13.4. The second kappa shape index (κ2) is 13.4. The smallest absolute Gasteiger partial charge is 0.443 e. The van der Waals surface area contributed by atoms with Crippen molar-refractivity contribution in [1.82, 2.24) is 4.90 Å². The quantitative estimate of drug-likeness (QED) is 0.179. The molecule has 1 heterocycles. The molecule has 1 aliphatic heterocycles. The first-order valence-corrected chi connectivity index (χ1v) is 15.9. The number of halogens is 6. The minimum Gasteiger partial charge on any atom is -0.443 e. The SMILES string of the molecule is COCCOCN(C(=O)OC(C)(C)C)C1=N[C@](C)(c2cc(Br)ccc2F)CS(=O)(=NC(=O)C(F)(F)F)[C@]1(C)c1ccc(F)cc1. The summed E-state index contributed by atoms with van der Waals surface area (Å²) in [5.74, 6) is -5.69. The maximum atomic E-state index is 15.4. The fourth-order valence-corrected chi connectivity index (χ4v) is 7.81. The van der Waals surface area contributed by atoms with Crippen LogP contribution in [0.5, 0.6) is 0 Å². The summed E-state index contributed by atoms with van der Waals surface area (Å²) in [7, 11) is -3.18. The number of methoxy groups -OCH3 is 1. The van der Waals surface area contributed by atoms with E-state index in [9.17, 15) is 27.2 Å². The third kappa shape index (κ3) is 8.07. The predicted molar refractivity (Wildman–Crippen MR) is 160 cm³/mol. The standard InChI is InChI=1S/C29H33BrF5N3O6S/c1-26(2,3)44-25(40)38(17-43-14-13-42-6)23-28(5,18-7-10-20(31)11-8-18)45(41,37-24(39)29(33,34)35)16-27(4,36-23)21-15-19(30)9-12-22(21)32/h7-12,15H,13-14,16-17H2,1-6H3/t27-,28+,45?/m0/s1. The summed E-state index contributed by atoms with van der Waals surface area (Å²) in [5.41, 5.74) is -3.40. The molecular formula is C29H33BrF5N3O6S. The highest BCUT2D eigenvalue weighted by Gasteiger charge is 2.57. The van der Waals surface area contributed by atoms with Crippen molar-refractivity contribution in [3.63, 3.8) is 0 Å². The third-order valence-corrected chi connectivity index (χ3v) is 10.4. The maximum Gasteiger partial charge on any atom is 0.474 e. The number of aliphatic imine (C=N–C) groups is 1. The van der Waals surface area contributed by atoms with Crippen molar-refractivity contribution in [2.45, 2.75) is 56.7 Å². The van der Waals surface area contributed by atoms with Crippen LogP contribution in [0.1, 0.15) is 45.7 Å². The number of alkyl halides is 3. The molecular weight excluding hydrogens is 693 g/mol. The first kappa shape index (κ1) is 36.5. The summed E-state index contributed by atoms with van der Waals surface area (Å²) < 4.78 is 103. The number of amidine groups is 1. The number of carbonyl (C=O) groups excluding carboxylic acids is 2. The number of ether oxygens (including phenoxy) is 3. The number of hydrogen-bond acceptors (Lipinski definition) is 7. The van der Waals surface area contributed by atoms with Gasteiger partial charge in [-0.05, 0) is 70.5 Å². The zero-order valence-corrected chi connectivity index (χ0v) is 27.7. The molecule has 3 atom stereocenters. The van der Waals surface area contributed by atoms with Crippen LogP contribution in [-0.4, -0.2) is 71.5 Å². The van der Waals surface area contributed by atoms with E-state index in [4.69, 9.17) is 19.2 Å². The highest BCUT2D eigenvalue weighted by atomic mass is 79.9. The molecule has 0 spiro atoms. The van der Waals surface area contributed by atoms with Gasteiger partial charge in [0.05, 0.1) is 28.7 Å². The Kier molecular flexibility index (Phi) is 10.9. The van der Waals surface area contributed by atoms with Crippen LogP contribution >= 0.6 is 15.9 Å². The van der Waals surface area contributed by atoms with Gasteiger partial charge in [-0.2, -0.15) is 17.5 Å². The predicted octanol–water partition coefficient (Wildman–Crippen LogP) is 6.68. The molecule has 0 radical (unpaired) electrons. The Bertz CT molecular complexity index is 1590. The molecule has 0 aromatic heterocycles. The normalized spacial score (nSPS) is 23.7. The van der Waals surface area contributed by atoms with Crippen molar-refractivity contribution >= 4 is 43.5 Å². The van der Waals surface area contributed by atoms with E-state index >= 15 is 8.60 Å². The second-order valence-electron chi connectivity index (χ2n) is 11.5. The van der Waals surface area contributed by atoms with Gasteiger partial charge in [0.15, 0.2) is 0 Å². The Morgan fingerprint density at radius 2 is 1.69 bits per heavy atom. The number of amides is 2. The average Bonchev–Trinajstić information content (AvgIpc) is 2.91. The van der Waals surface area contributed by atoms with E-state index in [1.165, 1.54) is 26.2 Å². The third-order valence-electron chi connectivity index (χ3n) is 6.79. The molecule has 1 aliphatic rings. The Morgan fingerprint density at radius 1 is 1.07 bits per heavy atom. The molecule has 0 saturated carbocycles. The molecule has 2 aromatic rings. The number of carbonyl (C=O) groups is 2. The molecule has 2 amide bonds. The van der Waals surface area contributed by atoms with Crippen LogP contribution in [0, 0.1) is 11.6 Å². The Labute approximate surface area is 266 Å². The molecule has 0 N–H and O–H groups in total. The maximum absolute atomic E-state index is 15.4. The average molecular weight is 727 g/mol. The van der Waals surface area contributed by atoms with E-state index in [0.717, 1.165) is 42.2 Å². The Balaban J connectivity index is 2.52. The number of nitrogens with zero attached hydrogens (tertiary/aromatic N) is 3. The van der Waals surface area contributed by atoms with Crippen LogP contribution in [0.2, 0.25) is 0 Å². The summed E-state index contributed by atoms with van der Waals surface area (Å²) in [6, 6.07) is 7.88. The molecule has 0 aliphatic carbocycles. The lowest BCUT2D eigenvalue weighted by Crippen LogP contribution is -2.59. The first-order chi connectivity index (χ1) is 20.7. The summed E-state index contributed by atoms with van der Waals surface area (Å²) in [6.45, 7) is 6.48. The lowest BCUT2D eigenvalue weighted by atomic mass is 9.91. The molecule has 248 valence electrons. The Morgan fingerprint density at radius 3 is 2.24 bits per heavy atom. The van der Waals surface area contributed by atoms with Gasteiger partial charge in [-0.25, -0.2) is 22.7 Å². The monoisotopic (exact) mass is 725 g/mol. The van der Waals surface area contributed by atoms with Crippen LogP contribution in [0.4, 0.5) is 26.7 Å². The minimum atomic E-state index is -5.53. The van der Waals surface area contributed by atoms with E-state index < -0.39 is 73.7 Å². The van der Waals surface area contributed by atoms with Crippen LogP contribution in [0.15, 0.2) is 56.3 Å². The van der Waals surface area contributed by atoms with Crippen LogP contribution in [0.25, 0.3) is 0 Å². The van der Waals surface area contributed by atoms with Gasteiger partial charge in [0.25, 0.3) is 0 Å². The fraction of sp³-hybridized carbons (Fsp3) is 0.483. The van der Waals surface area contributed by atoms with Crippen molar-refractivity contribution < 1.29 is 50.0 Å². The zero-order valence-electron chi connectivity index (χ0n) is 25.3. The molecule has 2 aromatic carbocycles. The van der Waals surface area contributed by atoms with Gasteiger partial charge in [-0.15, -0.1) is 0 Å². The summed E-state index contributed by atoms with van der Waals surface area (Å²) >= 11 is 3.23. The summed E-state index contributed by atoms with van der Waals surface area (Å²) in [4.78, 5) is 31.7. The fourth-order valence-electron chi connectivity index (χ4n) is 4.61. The van der Waals surface area contributed by atoms with Gasteiger partial charge in [-0.3, -0.25) is 9.79 Å². The van der Waals surface area contributed by atoms with Crippen LogP contribution in [0.3, 0.4) is 0 Å². The van der Waals surface area contributed by atoms with Gasteiger partial charge in [0.1, 0.15) is 40.1 Å². The van der Waals surface area contributed by atoms with Crippen molar-refractivity contribution in [3.8, 4) is 0 Å². The summed E-state index contributed by atoms with van der Waals surface area (Å²) in [5, 5.41) is 0. The molecule has 45 heavy (non-hydrogen) atoms. The van der Waals surface area contributed by atoms with E-state index in [-0.39, 0.29) is 24.3 Å². The lowest BCUT2D eigenvalue weighted by Gasteiger charge is -2.46. The molecule has 0 fully saturated rings. The van der Waals surface area contributed by atoms with Crippen molar-refractivity contribution in [3.05, 3.63) is 69.7 Å². The molecule has 16 heteroatoms. The molecule has 0 saturated heterocycles. The number of benzene rings is 2. The van der Waals surface area contributed by atoms with E-state index in [1.54, 1.807) is 20.8 Å². The van der Waals surface area contributed by atoms with Gasteiger partial charge < -0.3 is 14.2 Å². The molecule has 9 nitrogen and oxygen atoms in total. The van der Waals surface area contributed by atoms with Gasteiger partial charge in [-0.1, -0.05) is 28.1 Å². The van der Waals surface area contributed by atoms with Gasteiger partial charge in [0.2, 0.25) is 0 Å². The van der Waals surface area contributed by atoms with E-state index in [2.05, 4.69) is 20.3 Å². The molecule has 0 bridgehead atoms. The van der Waals surface area contributed by atoms with Crippen molar-refractivity contribution in [1.29, 1.82) is 0 Å². The Hall–Kier alpha value is -2.95. The number of hydrogen-bond donors (Lipinski definition) is 0. The number of rotatable bonds is 7. The van der Waals surface area contributed by atoms with Crippen LogP contribution in [-0.2, 0) is 39.0 Å². The molecule has 1 unspecified atom stereocenters.